The van der Waals surface area contributed by atoms with Gasteiger partial charge in [0.25, 0.3) is 29.5 Å². The van der Waals surface area contributed by atoms with Gasteiger partial charge < -0.3 is 70.7 Å². The number of nitrogens with two attached hydrogens (primary N) is 1. The number of carbonyl (C=O) groups excluding carboxylic acids is 5. The lowest BCUT2D eigenvalue weighted by Gasteiger charge is -2.26. The molecule has 0 atom stereocenters. The maximum absolute atomic E-state index is 14.6. The van der Waals surface area contributed by atoms with E-state index in [1.807, 2.05) is 23.3 Å². The number of primary sulfonamides is 1. The molecule has 0 saturated carbocycles. The molecule has 1 aromatic heterocycles. The highest BCUT2D eigenvalue weighted by atomic mass is 32.2. The summed E-state index contributed by atoms with van der Waals surface area (Å²) in [6.45, 7) is 2.44. The molecule has 0 spiro atoms. The van der Waals surface area contributed by atoms with Crippen molar-refractivity contribution < 1.29 is 116 Å². The van der Waals surface area contributed by atoms with E-state index in [9.17, 15) is 112 Å². The molecular weight excluding hydrogens is 1370 g/mol. The Bertz CT molecular complexity index is 4800. The van der Waals surface area contributed by atoms with Crippen molar-refractivity contribution in [3.05, 3.63) is 171 Å². The molecule has 11 N–H and O–H groups in total. The molecule has 0 unspecified atom stereocenters. The summed E-state index contributed by atoms with van der Waals surface area (Å²) in [6, 6.07) is 19.5. The topological polar surface area (TPSA) is 488 Å². The van der Waals surface area contributed by atoms with Crippen molar-refractivity contribution in [3.63, 3.8) is 0 Å². The number of allylic oxidation sites excluding steroid dienone is 6. The van der Waals surface area contributed by atoms with Gasteiger partial charge in [0.2, 0.25) is 15.7 Å². The number of pyridine rings is 1. The molecule has 0 fully saturated rings. The molecular formula is C70H70N9O23S+. The van der Waals surface area contributed by atoms with Crippen molar-refractivity contribution in [1.82, 2.24) is 29.9 Å². The van der Waals surface area contributed by atoms with Gasteiger partial charge in [0.15, 0.2) is 5.71 Å². The molecule has 5 aromatic carbocycles. The lowest BCUT2D eigenvalue weighted by molar-refractivity contribution is -0.433. The standard InChI is InChI=1S/C70H69N9O23S/c1-7-78-50-19-16-43-45(23-40(65(97)74(29-54(80)81)30-55(82)83)25-47(43)67(99)76(33-58(88)89)34-59(90)91)62(50)69(3,4)52(78)21-12-38(49-18-11-39(28-72-49)64(96)73-27-37-9-14-42(15-10-37)103(71,101)102)13-22-53-70(5,6)63-46-24-41(66(98)75(31-56(84)85)32-57(86)87)26-48(44(46)17-20-51(63)79(53)8-2)68(100)77(35-60(92)93)36-61(94)95/h9-26,28H,7-8,27,29-36H2,1-6H3,(H10-,71,73,80,81,82,83,84,85,86,87,88,89,90,91,92,93,94,95,96,101,102)/p+1. The Kier molecular flexibility index (Phi) is 22.6. The fourth-order valence-corrected chi connectivity index (χ4v) is 13.3. The second-order valence-electron chi connectivity index (χ2n) is 24.9. The minimum atomic E-state index is -4.01. The van der Waals surface area contributed by atoms with Crippen LogP contribution in [0.1, 0.15) is 116 Å². The number of rotatable bonds is 30. The summed E-state index contributed by atoms with van der Waals surface area (Å²) in [4.78, 5) is 177. The zero-order valence-electron chi connectivity index (χ0n) is 56.1. The fraction of sp³-hybridized carbons (Fsp3) is 0.271. The number of nitrogens with zero attached hydrogens (tertiary/aromatic N) is 7. The van der Waals surface area contributed by atoms with Crippen LogP contribution in [0.25, 0.3) is 27.1 Å². The Morgan fingerprint density at radius 3 is 1.38 bits per heavy atom. The number of aliphatic carboxylic acids is 8. The van der Waals surface area contributed by atoms with Crippen molar-refractivity contribution in [1.29, 1.82) is 0 Å². The van der Waals surface area contributed by atoms with E-state index in [4.69, 9.17) is 10.1 Å². The Labute approximate surface area is 585 Å². The maximum Gasteiger partial charge on any atom is 0.323 e. The largest absolute Gasteiger partial charge is 0.480 e. The maximum atomic E-state index is 14.6. The summed E-state index contributed by atoms with van der Waals surface area (Å²) in [6.07, 6.45) is 8.20. The van der Waals surface area contributed by atoms with Gasteiger partial charge in [0.1, 0.15) is 58.9 Å². The predicted octanol–water partition coefficient (Wildman–Crippen LogP) is 4.15. The molecule has 6 aromatic rings. The quantitative estimate of drug-likeness (QED) is 0.0224. The van der Waals surface area contributed by atoms with E-state index in [-0.39, 0.29) is 68.5 Å². The number of likely N-dealkylation sites (N-methyl/N-ethyl adjacent to an activating group) is 1. The molecule has 5 amide bonds. The monoisotopic (exact) mass is 1440 g/mol. The van der Waals surface area contributed by atoms with Crippen molar-refractivity contribution in [2.75, 3.05) is 70.3 Å². The first kappa shape index (κ1) is 76.2. The predicted molar refractivity (Wildman–Crippen MR) is 366 cm³/mol. The Morgan fingerprint density at radius 2 is 0.971 bits per heavy atom. The molecule has 32 nitrogen and oxygen atoms in total. The smallest absolute Gasteiger partial charge is 0.323 e. The first-order chi connectivity index (χ1) is 48.3. The number of nitrogens with one attached hydrogen (secondary N) is 1. The number of aromatic nitrogens is 1. The molecule has 33 heteroatoms. The van der Waals surface area contributed by atoms with Crippen LogP contribution in [0.5, 0.6) is 0 Å². The van der Waals surface area contributed by atoms with Crippen LogP contribution in [-0.2, 0) is 65.8 Å². The van der Waals surface area contributed by atoms with Gasteiger partial charge in [-0.15, -0.1) is 0 Å². The van der Waals surface area contributed by atoms with E-state index in [2.05, 4.69) is 5.32 Å². The molecule has 103 heavy (non-hydrogen) atoms. The normalized spacial score (nSPS) is 14.1. The van der Waals surface area contributed by atoms with Gasteiger partial charge in [-0.1, -0.05) is 38.1 Å². The van der Waals surface area contributed by atoms with E-state index >= 15 is 0 Å². The van der Waals surface area contributed by atoms with Crippen molar-refractivity contribution in [3.8, 4) is 0 Å². The third-order valence-corrected chi connectivity index (χ3v) is 18.1. The molecule has 2 aliphatic heterocycles. The average Bonchev–Trinajstić information content (AvgIpc) is 1.60. The number of benzene rings is 5. The lowest BCUT2D eigenvalue weighted by Crippen LogP contribution is -2.40. The number of hydrogen-bond acceptors (Lipinski definition) is 17. The molecule has 2 aliphatic rings. The van der Waals surface area contributed by atoms with Crippen molar-refractivity contribution >= 4 is 132 Å². The minimum absolute atomic E-state index is 0.0393. The molecule has 8 rings (SSSR count). The molecule has 0 saturated heterocycles. The van der Waals surface area contributed by atoms with Gasteiger partial charge in [-0.3, -0.25) is 67.3 Å². The SMILES string of the molecule is CCN1/C(=C/C=C(/C=C/C2=[N+](CC)c3ccc4c(C(=O)N(CC(=O)O)CC(=O)O)cc(C(=O)N(CC(=O)O)CC(=O)O)cc4c3C2(C)C)c2ccc(C(=O)NCc3ccc(S(N)(=O)=O)cc3)cn2)C(C)(C)c2c1ccc1c(C(=O)N(CC(=O)O)CC(=O)O)cc(C(=O)N(CC(=O)O)CC(=O)O)cc21. The van der Waals surface area contributed by atoms with Crippen LogP contribution in [0.3, 0.4) is 0 Å². The van der Waals surface area contributed by atoms with Crippen LogP contribution in [-0.4, -0.2) is 227 Å². The van der Waals surface area contributed by atoms with E-state index in [0.29, 0.717) is 64.6 Å². The number of fused-ring (bicyclic) bond motifs is 6. The number of sulfonamides is 1. The van der Waals surface area contributed by atoms with Crippen molar-refractivity contribution in [2.24, 2.45) is 5.14 Å². The van der Waals surface area contributed by atoms with Crippen LogP contribution in [0.2, 0.25) is 0 Å². The summed E-state index contributed by atoms with van der Waals surface area (Å²) in [5, 5.41) is 86.9. The second kappa shape index (κ2) is 30.5. The van der Waals surface area contributed by atoms with Crippen LogP contribution in [0.15, 0.2) is 126 Å². The average molecular weight is 1440 g/mol. The molecule has 0 radical (unpaired) electrons. The van der Waals surface area contributed by atoms with Crippen LogP contribution >= 0.6 is 0 Å². The van der Waals surface area contributed by atoms with Crippen molar-refractivity contribution in [2.45, 2.75) is 63.8 Å². The third-order valence-electron chi connectivity index (χ3n) is 17.1. The highest BCUT2D eigenvalue weighted by Gasteiger charge is 2.47. The van der Waals surface area contributed by atoms with E-state index in [0.717, 1.165) is 12.1 Å². The van der Waals surface area contributed by atoms with E-state index < -0.39 is 162 Å². The lowest BCUT2D eigenvalue weighted by atomic mass is 9.78. The van der Waals surface area contributed by atoms with Gasteiger partial charge in [-0.05, 0) is 133 Å². The number of hydrogen-bond donors (Lipinski definition) is 10. The number of carboxylic acid groups (broad SMARTS) is 8. The number of carbonyl (C=O) groups is 13. The third kappa shape index (κ3) is 16.7. The van der Waals surface area contributed by atoms with Gasteiger partial charge in [0.05, 0.1) is 21.6 Å². The molecule has 3 heterocycles. The first-order valence-corrected chi connectivity index (χ1v) is 32.9. The molecule has 0 bridgehead atoms. The van der Waals surface area contributed by atoms with Crippen LogP contribution < -0.4 is 15.4 Å². The van der Waals surface area contributed by atoms with E-state index in [1.165, 1.54) is 60.8 Å². The second-order valence-corrected chi connectivity index (χ2v) is 26.4. The van der Waals surface area contributed by atoms with Gasteiger partial charge in [0, 0.05) is 81.6 Å². The summed E-state index contributed by atoms with van der Waals surface area (Å²) >= 11 is 0. The number of amides is 5. The summed E-state index contributed by atoms with van der Waals surface area (Å²) in [5.41, 5.74) is 0.263. The Balaban J connectivity index is 1.33. The number of anilines is 1. The Hall–Kier alpha value is -12.5. The van der Waals surface area contributed by atoms with Gasteiger partial charge in [-0.2, -0.15) is 4.58 Å². The minimum Gasteiger partial charge on any atom is -0.480 e. The van der Waals surface area contributed by atoms with Gasteiger partial charge in [-0.25, -0.2) is 13.6 Å². The summed E-state index contributed by atoms with van der Waals surface area (Å²) < 4.78 is 25.7. The molecule has 0 aliphatic carbocycles. The fourth-order valence-electron chi connectivity index (χ4n) is 12.8. The highest BCUT2D eigenvalue weighted by Crippen LogP contribution is 2.52. The molecule has 538 valence electrons. The first-order valence-electron chi connectivity index (χ1n) is 31.3. The van der Waals surface area contributed by atoms with Crippen LogP contribution in [0.4, 0.5) is 11.4 Å². The zero-order valence-corrected chi connectivity index (χ0v) is 56.9. The number of carboxylic acids is 8. The van der Waals surface area contributed by atoms with Gasteiger partial charge >= 0.3 is 47.8 Å². The summed E-state index contributed by atoms with van der Waals surface area (Å²) in [7, 11) is -4.01. The van der Waals surface area contributed by atoms with E-state index in [1.54, 1.807) is 70.2 Å². The summed E-state index contributed by atoms with van der Waals surface area (Å²) in [5.74, 6) is -17.9. The zero-order chi connectivity index (χ0) is 76.1. The van der Waals surface area contributed by atoms with Crippen LogP contribution in [0, 0.1) is 0 Å². The Morgan fingerprint density at radius 1 is 0.534 bits per heavy atom. The highest BCUT2D eigenvalue weighted by molar-refractivity contribution is 7.89.